The summed E-state index contributed by atoms with van der Waals surface area (Å²) < 4.78 is 0. The van der Waals surface area contributed by atoms with Gasteiger partial charge in [0.1, 0.15) is 5.56 Å². The average molecular weight is 237 g/mol. The van der Waals surface area contributed by atoms with E-state index in [1.807, 2.05) is 0 Å². The smallest absolute Gasteiger partial charge is 0.265 e. The van der Waals surface area contributed by atoms with E-state index in [0.717, 1.165) is 0 Å². The topological polar surface area (TPSA) is 108 Å². The molecular formula is C9H11N5O3. The van der Waals surface area contributed by atoms with Gasteiger partial charge in [0.05, 0.1) is 6.34 Å². The van der Waals surface area contributed by atoms with Crippen molar-refractivity contribution in [3.63, 3.8) is 0 Å². The maximum Gasteiger partial charge on any atom is 0.265 e. The molecule has 1 heterocycles. The summed E-state index contributed by atoms with van der Waals surface area (Å²) in [4.78, 5) is 44.0. The fourth-order valence-corrected chi connectivity index (χ4v) is 0.977. The van der Waals surface area contributed by atoms with Crippen LogP contribution in [0.3, 0.4) is 0 Å². The molecule has 0 aliphatic rings. The van der Waals surface area contributed by atoms with Crippen LogP contribution in [0.15, 0.2) is 9.79 Å². The van der Waals surface area contributed by atoms with Gasteiger partial charge in [-0.1, -0.05) is 0 Å². The summed E-state index contributed by atoms with van der Waals surface area (Å²) in [6.07, 6.45) is 2.06. The Morgan fingerprint density at radius 2 is 2.12 bits per heavy atom. The van der Waals surface area contributed by atoms with Crippen molar-refractivity contribution >= 4 is 30.8 Å². The molecule has 0 saturated heterocycles. The van der Waals surface area contributed by atoms with Crippen molar-refractivity contribution in [2.45, 2.75) is 0 Å². The van der Waals surface area contributed by atoms with Crippen LogP contribution in [0.5, 0.6) is 0 Å². The van der Waals surface area contributed by atoms with Gasteiger partial charge in [-0.05, 0) is 0 Å². The highest BCUT2D eigenvalue weighted by Crippen LogP contribution is 2.08. The van der Waals surface area contributed by atoms with Crippen molar-refractivity contribution in [2.75, 3.05) is 19.4 Å². The first-order valence-corrected chi connectivity index (χ1v) is 4.58. The Labute approximate surface area is 96.4 Å². The summed E-state index contributed by atoms with van der Waals surface area (Å²) in [5, 5.41) is 2.17. The Bertz CT molecular complexity index is 506. The molecule has 8 heteroatoms. The molecule has 2 N–H and O–H groups in total. The fourth-order valence-electron chi connectivity index (χ4n) is 0.977. The number of aromatic nitrogens is 2. The molecule has 0 saturated carbocycles. The normalized spacial score (nSPS) is 10.2. The third-order valence-corrected chi connectivity index (χ3v) is 1.67. The van der Waals surface area contributed by atoms with E-state index in [2.05, 4.69) is 20.3 Å². The second-order valence-corrected chi connectivity index (χ2v) is 3.24. The lowest BCUT2D eigenvalue weighted by Gasteiger charge is -2.04. The molecule has 0 radical (unpaired) electrons. The van der Waals surface area contributed by atoms with Crippen molar-refractivity contribution < 1.29 is 9.59 Å². The number of hydrogen-bond acceptors (Lipinski definition) is 5. The fraction of sp³-hybridized carbons (Fsp3) is 0.222. The molecule has 1 aromatic rings. The van der Waals surface area contributed by atoms with E-state index in [1.54, 1.807) is 19.0 Å². The van der Waals surface area contributed by atoms with Gasteiger partial charge in [-0.2, -0.15) is 4.98 Å². The number of H-pyrrole nitrogens is 1. The third kappa shape index (κ3) is 3.23. The second kappa shape index (κ2) is 5.54. The monoisotopic (exact) mass is 237 g/mol. The zero-order valence-electron chi connectivity index (χ0n) is 9.30. The quantitative estimate of drug-likeness (QED) is 0.403. The van der Waals surface area contributed by atoms with Crippen molar-refractivity contribution in [2.24, 2.45) is 4.99 Å². The minimum Gasteiger partial charge on any atom is -0.369 e. The molecule has 1 rings (SSSR count). The van der Waals surface area contributed by atoms with Crippen LogP contribution in [0, 0.1) is 0 Å². The third-order valence-electron chi connectivity index (χ3n) is 1.67. The lowest BCUT2D eigenvalue weighted by atomic mass is 10.3. The average Bonchev–Trinajstić information content (AvgIpc) is 2.26. The maximum atomic E-state index is 11.4. The molecule has 8 nitrogen and oxygen atoms in total. The van der Waals surface area contributed by atoms with E-state index in [1.165, 1.54) is 6.34 Å². The van der Waals surface area contributed by atoms with Crippen LogP contribution < -0.4 is 10.9 Å². The first-order valence-electron chi connectivity index (χ1n) is 4.58. The van der Waals surface area contributed by atoms with Crippen LogP contribution in [0.2, 0.25) is 0 Å². The molecule has 1 amide bonds. The van der Waals surface area contributed by atoms with Crippen molar-refractivity contribution in [3.8, 4) is 0 Å². The first-order chi connectivity index (χ1) is 8.08. The predicted octanol–water partition coefficient (Wildman–Crippen LogP) is -0.628. The van der Waals surface area contributed by atoms with Gasteiger partial charge in [-0.25, -0.2) is 4.99 Å². The van der Waals surface area contributed by atoms with E-state index in [0.29, 0.717) is 12.7 Å². The zero-order chi connectivity index (χ0) is 12.8. The van der Waals surface area contributed by atoms with Crippen molar-refractivity contribution in [3.05, 3.63) is 15.9 Å². The van der Waals surface area contributed by atoms with Crippen molar-refractivity contribution in [1.29, 1.82) is 0 Å². The number of aromatic amines is 1. The molecule has 0 aliphatic carbocycles. The van der Waals surface area contributed by atoms with E-state index >= 15 is 0 Å². The number of amides is 1. The molecule has 0 aliphatic heterocycles. The van der Waals surface area contributed by atoms with Crippen LogP contribution in [-0.2, 0) is 4.79 Å². The lowest BCUT2D eigenvalue weighted by Crippen LogP contribution is -2.17. The van der Waals surface area contributed by atoms with Gasteiger partial charge in [0.15, 0.2) is 12.1 Å². The van der Waals surface area contributed by atoms with Gasteiger partial charge in [-0.3, -0.25) is 19.4 Å². The molecule has 0 bridgehead atoms. The van der Waals surface area contributed by atoms with E-state index in [4.69, 9.17) is 0 Å². The summed E-state index contributed by atoms with van der Waals surface area (Å²) in [7, 11) is 3.48. The number of carbonyl (C=O) groups is 2. The van der Waals surface area contributed by atoms with Crippen LogP contribution in [0.1, 0.15) is 10.4 Å². The lowest BCUT2D eigenvalue weighted by molar-refractivity contribution is -0.105. The van der Waals surface area contributed by atoms with Crippen LogP contribution >= 0.6 is 0 Å². The molecule has 0 atom stereocenters. The van der Waals surface area contributed by atoms with E-state index < -0.39 is 5.56 Å². The highest BCUT2D eigenvalue weighted by atomic mass is 16.1. The summed E-state index contributed by atoms with van der Waals surface area (Å²) in [5.74, 6) is -0.122. The molecule has 90 valence electrons. The summed E-state index contributed by atoms with van der Waals surface area (Å²) in [6.45, 7) is 0. The molecule has 0 spiro atoms. The van der Waals surface area contributed by atoms with Gasteiger partial charge in [0.25, 0.3) is 5.56 Å². The number of aldehydes is 1. The van der Waals surface area contributed by atoms with Gasteiger partial charge in [-0.15, -0.1) is 0 Å². The number of nitrogens with one attached hydrogen (secondary N) is 2. The molecular weight excluding hydrogens is 226 g/mol. The molecule has 0 unspecified atom stereocenters. The minimum atomic E-state index is -0.662. The second-order valence-electron chi connectivity index (χ2n) is 3.24. The predicted molar refractivity (Wildman–Crippen MR) is 61.8 cm³/mol. The number of carbonyl (C=O) groups excluding carboxylic acids is 2. The highest BCUT2D eigenvalue weighted by Gasteiger charge is 2.09. The van der Waals surface area contributed by atoms with Crippen LogP contribution in [0.4, 0.5) is 11.8 Å². The van der Waals surface area contributed by atoms with Gasteiger partial charge >= 0.3 is 0 Å². The molecule has 17 heavy (non-hydrogen) atoms. The summed E-state index contributed by atoms with van der Waals surface area (Å²) >= 11 is 0. The van der Waals surface area contributed by atoms with Gasteiger partial charge in [0, 0.05) is 14.1 Å². The Kier molecular flexibility index (Phi) is 4.09. The molecule has 0 aromatic carbocycles. The molecule has 1 aromatic heterocycles. The Hall–Kier alpha value is -2.51. The van der Waals surface area contributed by atoms with Crippen LogP contribution in [0.25, 0.3) is 0 Å². The number of hydrogen-bond donors (Lipinski definition) is 2. The highest BCUT2D eigenvalue weighted by molar-refractivity contribution is 5.86. The van der Waals surface area contributed by atoms with E-state index in [-0.39, 0.29) is 17.3 Å². The van der Waals surface area contributed by atoms with Crippen molar-refractivity contribution in [1.82, 2.24) is 14.9 Å². The Balaban J connectivity index is 3.23. The largest absolute Gasteiger partial charge is 0.369 e. The Morgan fingerprint density at radius 1 is 1.41 bits per heavy atom. The number of rotatable bonds is 5. The Morgan fingerprint density at radius 3 is 2.65 bits per heavy atom. The number of anilines is 1. The number of nitrogens with zero attached hydrogens (tertiary/aromatic N) is 3. The zero-order valence-corrected chi connectivity index (χ0v) is 9.30. The minimum absolute atomic E-state index is 0.00125. The SMILES string of the molecule is CN(C)/C=N/c1nc(NC=O)c(C=O)c(=O)[nH]1. The molecule has 0 fully saturated rings. The summed E-state index contributed by atoms with van der Waals surface area (Å²) in [6, 6.07) is 0. The van der Waals surface area contributed by atoms with Gasteiger partial charge < -0.3 is 10.2 Å². The van der Waals surface area contributed by atoms with E-state index in [9.17, 15) is 14.4 Å². The standard InChI is InChI=1S/C9H11N5O3/c1-14(2)4-10-9-12-7(11-5-16)6(3-15)8(17)13-9/h3-5H,1-2H3,(H2,11,12,13,16,17)/b10-4+. The van der Waals surface area contributed by atoms with Gasteiger partial charge in [0.2, 0.25) is 12.4 Å². The number of aliphatic imine (C=N–C) groups is 1. The van der Waals surface area contributed by atoms with Crippen LogP contribution in [-0.4, -0.2) is 48.0 Å². The maximum absolute atomic E-state index is 11.4. The summed E-state index contributed by atoms with van der Waals surface area (Å²) in [5.41, 5.74) is -0.911. The first kappa shape index (κ1) is 12.6.